The fourth-order valence-electron chi connectivity index (χ4n) is 1.91. The van der Waals surface area contributed by atoms with Crippen LogP contribution in [0.3, 0.4) is 0 Å². The van der Waals surface area contributed by atoms with E-state index in [9.17, 15) is 9.59 Å². The molecule has 0 spiro atoms. The quantitative estimate of drug-likeness (QED) is 0.842. The van der Waals surface area contributed by atoms with Crippen LogP contribution in [0.4, 0.5) is 5.69 Å². The fraction of sp³-hybridized carbons (Fsp3) is 0.214. The second kappa shape index (κ2) is 6.19. The first kappa shape index (κ1) is 15.4. The van der Waals surface area contributed by atoms with E-state index in [4.69, 9.17) is 18.0 Å². The van der Waals surface area contributed by atoms with Crippen molar-refractivity contribution in [1.82, 2.24) is 4.57 Å². The molecule has 0 saturated heterocycles. The highest BCUT2D eigenvalue weighted by atomic mass is 32.1. The first-order valence-electron chi connectivity index (χ1n) is 6.25. The summed E-state index contributed by atoms with van der Waals surface area (Å²) in [5.74, 6) is -0.290. The molecule has 0 unspecified atom stereocenters. The fourth-order valence-corrected chi connectivity index (χ4v) is 2.92. The first-order valence-corrected chi connectivity index (χ1v) is 7.48. The highest BCUT2D eigenvalue weighted by Gasteiger charge is 2.13. The Balaban J connectivity index is 2.20. The Hall–Kier alpha value is -1.99. The van der Waals surface area contributed by atoms with Crippen LogP contribution in [0.2, 0.25) is 0 Å². The molecule has 1 amide bonds. The Morgan fingerprint density at radius 3 is 2.62 bits per heavy atom. The third-order valence-corrected chi connectivity index (χ3v) is 4.36. The van der Waals surface area contributed by atoms with Crippen LogP contribution in [0.15, 0.2) is 29.1 Å². The van der Waals surface area contributed by atoms with E-state index >= 15 is 0 Å². The molecule has 7 heteroatoms. The number of benzene rings is 1. The summed E-state index contributed by atoms with van der Waals surface area (Å²) in [6.45, 7) is 3.65. The van der Waals surface area contributed by atoms with Crippen molar-refractivity contribution in [2.24, 2.45) is 5.73 Å². The molecule has 1 aromatic carbocycles. The van der Waals surface area contributed by atoms with Gasteiger partial charge in [0.2, 0.25) is 5.91 Å². The van der Waals surface area contributed by atoms with Crippen molar-refractivity contribution < 1.29 is 4.79 Å². The lowest BCUT2D eigenvalue weighted by atomic mass is 10.2. The van der Waals surface area contributed by atoms with Gasteiger partial charge in [-0.2, -0.15) is 0 Å². The number of aryl methyl sites for hydroxylation is 1. The van der Waals surface area contributed by atoms with Crippen LogP contribution in [-0.2, 0) is 11.3 Å². The largest absolute Gasteiger partial charge is 0.389 e. The number of nitrogens with zero attached hydrogens (tertiary/aromatic N) is 1. The maximum absolute atomic E-state index is 12.1. The van der Waals surface area contributed by atoms with Crippen molar-refractivity contribution in [2.45, 2.75) is 20.4 Å². The van der Waals surface area contributed by atoms with Crippen LogP contribution in [-0.4, -0.2) is 15.5 Å². The number of rotatable bonds is 4. The van der Waals surface area contributed by atoms with Gasteiger partial charge in [0.15, 0.2) is 0 Å². The minimum Gasteiger partial charge on any atom is -0.389 e. The van der Waals surface area contributed by atoms with Crippen LogP contribution in [0.1, 0.15) is 16.1 Å². The van der Waals surface area contributed by atoms with Crippen molar-refractivity contribution in [3.63, 3.8) is 0 Å². The number of amides is 1. The molecular formula is C14H15N3O2S2. The van der Waals surface area contributed by atoms with Gasteiger partial charge in [0.1, 0.15) is 11.5 Å². The molecule has 2 rings (SSSR count). The summed E-state index contributed by atoms with van der Waals surface area (Å²) in [5.41, 5.74) is 7.58. The normalized spacial score (nSPS) is 10.4. The zero-order valence-corrected chi connectivity index (χ0v) is 13.3. The number of thiocarbonyl (C=S) groups is 1. The predicted octanol–water partition coefficient (Wildman–Crippen LogP) is 1.80. The smallest absolute Gasteiger partial charge is 0.308 e. The minimum atomic E-state index is -0.290. The molecule has 0 bridgehead atoms. The van der Waals surface area contributed by atoms with Gasteiger partial charge in [0.05, 0.1) is 5.69 Å². The molecule has 0 radical (unpaired) electrons. The van der Waals surface area contributed by atoms with E-state index in [0.717, 1.165) is 21.9 Å². The van der Waals surface area contributed by atoms with Gasteiger partial charge in [-0.1, -0.05) is 35.7 Å². The van der Waals surface area contributed by atoms with Gasteiger partial charge in [-0.15, -0.1) is 0 Å². The van der Waals surface area contributed by atoms with E-state index in [0.29, 0.717) is 11.3 Å². The maximum atomic E-state index is 12.1. The van der Waals surface area contributed by atoms with E-state index in [1.54, 1.807) is 24.3 Å². The van der Waals surface area contributed by atoms with Gasteiger partial charge in [0, 0.05) is 16.1 Å². The Morgan fingerprint density at radius 1 is 1.38 bits per heavy atom. The summed E-state index contributed by atoms with van der Waals surface area (Å²) < 4.78 is 1.46. The second-order valence-electron chi connectivity index (χ2n) is 4.55. The molecular weight excluding hydrogens is 306 g/mol. The SMILES string of the molecule is Cc1sc(=O)n(CC(=O)Nc2ccccc2C(N)=S)c1C. The van der Waals surface area contributed by atoms with Gasteiger partial charge in [-0.25, -0.2) is 0 Å². The van der Waals surface area contributed by atoms with E-state index in [1.165, 1.54) is 4.57 Å². The van der Waals surface area contributed by atoms with Crippen LogP contribution in [0.5, 0.6) is 0 Å². The Labute approximate surface area is 131 Å². The number of thiazole rings is 1. The number of hydrogen-bond acceptors (Lipinski definition) is 4. The highest BCUT2D eigenvalue weighted by molar-refractivity contribution is 7.80. The summed E-state index contributed by atoms with van der Waals surface area (Å²) in [6, 6.07) is 7.04. The van der Waals surface area contributed by atoms with Gasteiger partial charge in [-0.05, 0) is 26.0 Å². The average molecular weight is 321 g/mol. The van der Waals surface area contributed by atoms with Crippen molar-refractivity contribution in [3.8, 4) is 0 Å². The van der Waals surface area contributed by atoms with Gasteiger partial charge in [0.25, 0.3) is 0 Å². The molecule has 0 aliphatic rings. The van der Waals surface area contributed by atoms with E-state index in [2.05, 4.69) is 5.32 Å². The topological polar surface area (TPSA) is 77.1 Å². The molecule has 3 N–H and O–H groups in total. The lowest BCUT2D eigenvalue weighted by molar-refractivity contribution is -0.116. The highest BCUT2D eigenvalue weighted by Crippen LogP contribution is 2.15. The standard InChI is InChI=1S/C14H15N3O2S2/c1-8-9(2)21-14(19)17(8)7-12(18)16-11-6-4-3-5-10(11)13(15)20/h3-6H,7H2,1-2H3,(H2,15,20)(H,16,18). The lowest BCUT2D eigenvalue weighted by Gasteiger charge is -2.10. The van der Waals surface area contributed by atoms with Gasteiger partial charge >= 0.3 is 4.87 Å². The zero-order valence-electron chi connectivity index (χ0n) is 11.7. The summed E-state index contributed by atoms with van der Waals surface area (Å²) in [4.78, 5) is 24.9. The summed E-state index contributed by atoms with van der Waals surface area (Å²) >= 11 is 6.09. The average Bonchev–Trinajstić information content (AvgIpc) is 2.66. The third kappa shape index (κ3) is 3.37. The van der Waals surface area contributed by atoms with E-state index in [1.807, 2.05) is 13.8 Å². The molecule has 0 aliphatic carbocycles. The summed E-state index contributed by atoms with van der Waals surface area (Å²) in [6.07, 6.45) is 0. The summed E-state index contributed by atoms with van der Waals surface area (Å²) in [7, 11) is 0. The zero-order chi connectivity index (χ0) is 15.6. The maximum Gasteiger partial charge on any atom is 0.308 e. The number of nitrogens with two attached hydrogens (primary N) is 1. The van der Waals surface area contributed by atoms with Crippen molar-refractivity contribution in [2.75, 3.05) is 5.32 Å². The Morgan fingerprint density at radius 2 is 2.05 bits per heavy atom. The second-order valence-corrected chi connectivity index (χ2v) is 6.16. The number of nitrogens with one attached hydrogen (secondary N) is 1. The van der Waals surface area contributed by atoms with E-state index < -0.39 is 0 Å². The molecule has 5 nitrogen and oxygen atoms in total. The number of carbonyl (C=O) groups excluding carboxylic acids is 1. The van der Waals surface area contributed by atoms with Crippen LogP contribution in [0.25, 0.3) is 0 Å². The van der Waals surface area contributed by atoms with Crippen LogP contribution in [0, 0.1) is 13.8 Å². The molecule has 0 saturated carbocycles. The number of aromatic nitrogens is 1. The Kier molecular flexibility index (Phi) is 4.54. The molecule has 2 aromatic rings. The summed E-state index contributed by atoms with van der Waals surface area (Å²) in [5, 5.41) is 2.74. The monoisotopic (exact) mass is 321 g/mol. The van der Waals surface area contributed by atoms with Crippen molar-refractivity contribution >= 4 is 40.1 Å². The molecule has 1 heterocycles. The van der Waals surface area contributed by atoms with E-state index in [-0.39, 0.29) is 22.3 Å². The van der Waals surface area contributed by atoms with Crippen LogP contribution >= 0.6 is 23.6 Å². The predicted molar refractivity (Wildman–Crippen MR) is 89.0 cm³/mol. The first-order chi connectivity index (χ1) is 9.90. The molecule has 0 aliphatic heterocycles. The molecule has 0 fully saturated rings. The van der Waals surface area contributed by atoms with Crippen molar-refractivity contribution in [3.05, 3.63) is 50.1 Å². The number of hydrogen-bond donors (Lipinski definition) is 2. The Bertz CT molecular complexity index is 762. The molecule has 0 atom stereocenters. The molecule has 21 heavy (non-hydrogen) atoms. The third-order valence-electron chi connectivity index (χ3n) is 3.14. The number of carbonyl (C=O) groups is 1. The molecule has 110 valence electrons. The minimum absolute atomic E-state index is 0.0271. The van der Waals surface area contributed by atoms with Gasteiger partial charge < -0.3 is 11.1 Å². The lowest BCUT2D eigenvalue weighted by Crippen LogP contribution is -2.26. The van der Waals surface area contributed by atoms with Gasteiger partial charge in [-0.3, -0.25) is 14.2 Å². The van der Waals surface area contributed by atoms with Crippen molar-refractivity contribution in [1.29, 1.82) is 0 Å². The molecule has 1 aromatic heterocycles. The number of para-hydroxylation sites is 1. The number of anilines is 1. The van der Waals surface area contributed by atoms with Crippen LogP contribution < -0.4 is 15.9 Å².